The predicted molar refractivity (Wildman–Crippen MR) is 101 cm³/mol. The van der Waals surface area contributed by atoms with Gasteiger partial charge >= 0.3 is 11.8 Å². The molecule has 2 aromatic carbocycles. The summed E-state index contributed by atoms with van der Waals surface area (Å²) in [5, 5.41) is 6.40. The molecule has 1 aliphatic rings. The molecule has 2 aromatic rings. The Balaban J connectivity index is 1.66. The Labute approximate surface area is 161 Å². The normalized spacial score (nSPS) is 13.2. The minimum atomic E-state index is -0.833. The fraction of sp³-hybridized carbons (Fsp3) is 0.250. The lowest BCUT2D eigenvalue weighted by molar-refractivity contribution is -0.139. The van der Waals surface area contributed by atoms with E-state index in [1.807, 2.05) is 0 Å². The minimum Gasteiger partial charge on any atom is -0.493 e. The molecule has 7 nitrogen and oxygen atoms in total. The van der Waals surface area contributed by atoms with Crippen LogP contribution in [0, 0.1) is 5.82 Å². The van der Waals surface area contributed by atoms with Crippen LogP contribution in [0.3, 0.4) is 0 Å². The highest BCUT2D eigenvalue weighted by Crippen LogP contribution is 2.30. The van der Waals surface area contributed by atoms with Crippen molar-refractivity contribution in [3.63, 3.8) is 0 Å². The zero-order chi connectivity index (χ0) is 19.9. The number of halogens is 1. The van der Waals surface area contributed by atoms with Gasteiger partial charge in [-0.15, -0.1) is 0 Å². The molecule has 2 amide bonds. The molecule has 0 bridgehead atoms. The summed E-state index contributed by atoms with van der Waals surface area (Å²) >= 11 is 0. The maximum absolute atomic E-state index is 13.0. The highest BCUT2D eigenvalue weighted by molar-refractivity contribution is 6.35. The van der Waals surface area contributed by atoms with E-state index in [-0.39, 0.29) is 18.5 Å². The van der Waals surface area contributed by atoms with Gasteiger partial charge in [-0.3, -0.25) is 9.59 Å². The number of amides is 2. The first kappa shape index (κ1) is 19.3. The lowest BCUT2D eigenvalue weighted by Crippen LogP contribution is -2.38. The van der Waals surface area contributed by atoms with E-state index in [0.717, 1.165) is 18.4 Å². The largest absolute Gasteiger partial charge is 0.493 e. The van der Waals surface area contributed by atoms with Gasteiger partial charge in [0, 0.05) is 11.6 Å². The third-order valence-corrected chi connectivity index (χ3v) is 4.01. The second-order valence-electron chi connectivity index (χ2n) is 6.24. The van der Waals surface area contributed by atoms with Gasteiger partial charge in [0.25, 0.3) is 0 Å². The Hall–Kier alpha value is -3.42. The molecule has 1 saturated carbocycles. The highest BCUT2D eigenvalue weighted by Gasteiger charge is 2.26. The molecule has 1 aliphatic carbocycles. The van der Waals surface area contributed by atoms with Gasteiger partial charge in [-0.1, -0.05) is 18.2 Å². The summed E-state index contributed by atoms with van der Waals surface area (Å²) in [7, 11) is 1.50. The number of hydrazone groups is 1. The predicted octanol–water partition coefficient (Wildman–Crippen LogP) is 2.14. The molecule has 0 aromatic heterocycles. The zero-order valence-corrected chi connectivity index (χ0v) is 15.3. The Morgan fingerprint density at radius 3 is 2.61 bits per heavy atom. The van der Waals surface area contributed by atoms with Gasteiger partial charge in [-0.2, -0.15) is 5.10 Å². The number of hydrogen-bond acceptors (Lipinski definition) is 5. The van der Waals surface area contributed by atoms with E-state index in [1.54, 1.807) is 30.3 Å². The number of para-hydroxylation sites is 1. The number of benzene rings is 2. The summed E-state index contributed by atoms with van der Waals surface area (Å²) in [5.74, 6) is -0.980. The van der Waals surface area contributed by atoms with Crippen molar-refractivity contribution in [3.8, 4) is 11.5 Å². The number of carbonyl (C=O) groups excluding carboxylic acids is 2. The van der Waals surface area contributed by atoms with Crippen molar-refractivity contribution in [2.24, 2.45) is 5.10 Å². The Morgan fingerprint density at radius 2 is 1.93 bits per heavy atom. The number of nitrogens with one attached hydrogen (secondary N) is 2. The Kier molecular flexibility index (Phi) is 6.21. The van der Waals surface area contributed by atoms with Gasteiger partial charge in [0.15, 0.2) is 11.5 Å². The molecular formula is C20H20FN3O4. The second kappa shape index (κ2) is 8.98. The average molecular weight is 385 g/mol. The summed E-state index contributed by atoms with van der Waals surface area (Å²) in [6.45, 7) is 0.192. The van der Waals surface area contributed by atoms with E-state index in [1.165, 1.54) is 25.5 Å². The molecule has 2 N–H and O–H groups in total. The van der Waals surface area contributed by atoms with Crippen molar-refractivity contribution in [1.82, 2.24) is 10.7 Å². The van der Waals surface area contributed by atoms with Crippen LogP contribution in [0.5, 0.6) is 11.5 Å². The number of ether oxygens (including phenoxy) is 2. The molecule has 146 valence electrons. The maximum atomic E-state index is 13.0. The van der Waals surface area contributed by atoms with Crippen molar-refractivity contribution in [2.75, 3.05) is 7.11 Å². The van der Waals surface area contributed by atoms with Gasteiger partial charge in [-0.25, -0.2) is 9.82 Å². The second-order valence-corrected chi connectivity index (χ2v) is 6.24. The topological polar surface area (TPSA) is 89.0 Å². The molecule has 0 radical (unpaired) electrons. The molecule has 0 unspecified atom stereocenters. The van der Waals surface area contributed by atoms with E-state index in [9.17, 15) is 14.0 Å². The number of nitrogens with zero attached hydrogens (tertiary/aromatic N) is 1. The molecule has 8 heteroatoms. The smallest absolute Gasteiger partial charge is 0.329 e. The Morgan fingerprint density at radius 1 is 1.18 bits per heavy atom. The van der Waals surface area contributed by atoms with Crippen LogP contribution in [0.2, 0.25) is 0 Å². The molecule has 0 atom stereocenters. The molecular weight excluding hydrogens is 365 g/mol. The Bertz CT molecular complexity index is 880. The van der Waals surface area contributed by atoms with E-state index in [4.69, 9.17) is 9.47 Å². The summed E-state index contributed by atoms with van der Waals surface area (Å²) in [6, 6.07) is 11.2. The molecule has 0 aliphatic heterocycles. The van der Waals surface area contributed by atoms with Crippen LogP contribution in [-0.4, -0.2) is 31.2 Å². The monoisotopic (exact) mass is 385 g/mol. The first-order chi connectivity index (χ1) is 13.6. The van der Waals surface area contributed by atoms with Crippen LogP contribution in [0.1, 0.15) is 24.0 Å². The third kappa shape index (κ3) is 5.29. The number of rotatable bonds is 7. The quantitative estimate of drug-likeness (QED) is 0.434. The lowest BCUT2D eigenvalue weighted by Gasteiger charge is -2.13. The fourth-order valence-electron chi connectivity index (χ4n) is 2.38. The number of hydrogen-bond donors (Lipinski definition) is 2. The van der Waals surface area contributed by atoms with Gasteiger partial charge < -0.3 is 14.8 Å². The number of carbonyl (C=O) groups is 2. The van der Waals surface area contributed by atoms with Crippen molar-refractivity contribution in [2.45, 2.75) is 25.5 Å². The van der Waals surface area contributed by atoms with Crippen molar-refractivity contribution < 1.29 is 23.5 Å². The summed E-state index contributed by atoms with van der Waals surface area (Å²) in [5.41, 5.74) is 3.51. The first-order valence-electron chi connectivity index (χ1n) is 8.75. The van der Waals surface area contributed by atoms with Crippen molar-refractivity contribution in [1.29, 1.82) is 0 Å². The summed E-state index contributed by atoms with van der Waals surface area (Å²) in [4.78, 5) is 23.3. The van der Waals surface area contributed by atoms with Crippen LogP contribution < -0.4 is 20.2 Å². The van der Waals surface area contributed by atoms with Crippen LogP contribution in [0.25, 0.3) is 0 Å². The van der Waals surface area contributed by atoms with Gasteiger partial charge in [-0.05, 0) is 42.7 Å². The SMILES string of the molecule is COc1cccc(/C=N\NC(=O)C(=O)NC2CC2)c1OCc1ccc(F)cc1. The summed E-state index contributed by atoms with van der Waals surface area (Å²) in [6.07, 6.45) is 3.15. The van der Waals surface area contributed by atoms with Crippen LogP contribution in [-0.2, 0) is 16.2 Å². The molecule has 0 heterocycles. The van der Waals surface area contributed by atoms with Crippen LogP contribution in [0.4, 0.5) is 4.39 Å². The van der Waals surface area contributed by atoms with Crippen LogP contribution in [0.15, 0.2) is 47.6 Å². The molecule has 28 heavy (non-hydrogen) atoms. The maximum Gasteiger partial charge on any atom is 0.329 e. The summed E-state index contributed by atoms with van der Waals surface area (Å²) < 4.78 is 24.2. The average Bonchev–Trinajstić information content (AvgIpc) is 3.51. The molecule has 0 spiro atoms. The van der Waals surface area contributed by atoms with Crippen molar-refractivity contribution >= 4 is 18.0 Å². The van der Waals surface area contributed by atoms with E-state index >= 15 is 0 Å². The lowest BCUT2D eigenvalue weighted by atomic mass is 10.2. The standard InChI is InChI=1S/C20H20FN3O4/c1-27-17-4-2-3-14(11-22-24-20(26)19(25)23-16-9-10-16)18(17)28-12-13-5-7-15(21)8-6-13/h2-8,11,16H,9-10,12H2,1H3,(H,23,25)(H,24,26)/b22-11-. The van der Waals surface area contributed by atoms with E-state index in [2.05, 4.69) is 15.8 Å². The van der Waals surface area contributed by atoms with Crippen LogP contribution >= 0.6 is 0 Å². The minimum absolute atomic E-state index is 0.0899. The highest BCUT2D eigenvalue weighted by atomic mass is 19.1. The number of methoxy groups -OCH3 is 1. The zero-order valence-electron chi connectivity index (χ0n) is 15.3. The van der Waals surface area contributed by atoms with Gasteiger partial charge in [0.05, 0.1) is 13.3 Å². The van der Waals surface area contributed by atoms with Gasteiger partial charge in [0.1, 0.15) is 12.4 Å². The third-order valence-electron chi connectivity index (χ3n) is 4.01. The molecule has 0 saturated heterocycles. The van der Waals surface area contributed by atoms with Gasteiger partial charge in [0.2, 0.25) is 0 Å². The fourth-order valence-corrected chi connectivity index (χ4v) is 2.38. The van der Waals surface area contributed by atoms with E-state index in [0.29, 0.717) is 17.1 Å². The molecule has 3 rings (SSSR count). The first-order valence-corrected chi connectivity index (χ1v) is 8.75. The van der Waals surface area contributed by atoms with E-state index < -0.39 is 11.8 Å². The molecule has 1 fully saturated rings. The van der Waals surface area contributed by atoms with Crippen molar-refractivity contribution in [3.05, 3.63) is 59.4 Å².